The lowest BCUT2D eigenvalue weighted by atomic mass is 10.2. The molecule has 0 aliphatic heterocycles. The number of para-hydroxylation sites is 2. The Labute approximate surface area is 215 Å². The number of aromatic nitrogens is 2. The van der Waals surface area contributed by atoms with E-state index in [0.29, 0.717) is 28.2 Å². The number of carbonyl (C=O) groups is 1. The van der Waals surface area contributed by atoms with E-state index < -0.39 is 10.0 Å². The van der Waals surface area contributed by atoms with Crippen LogP contribution in [0.5, 0.6) is 5.75 Å². The number of aryl methyl sites for hydroxylation is 1. The van der Waals surface area contributed by atoms with E-state index in [2.05, 4.69) is 25.3 Å². The van der Waals surface area contributed by atoms with Gasteiger partial charge in [0.2, 0.25) is 5.91 Å². The Morgan fingerprint density at radius 1 is 0.919 bits per heavy atom. The van der Waals surface area contributed by atoms with Gasteiger partial charge in [0.05, 0.1) is 29.6 Å². The minimum absolute atomic E-state index is 0.0289. The normalized spacial score (nSPS) is 11.4. The smallest absolute Gasteiger partial charge is 0.263 e. The van der Waals surface area contributed by atoms with Gasteiger partial charge in [-0.15, -0.1) is 0 Å². The van der Waals surface area contributed by atoms with Crippen molar-refractivity contribution in [1.82, 2.24) is 14.9 Å². The van der Waals surface area contributed by atoms with Crippen molar-refractivity contribution in [2.45, 2.75) is 11.8 Å². The molecule has 0 bridgehead atoms. The van der Waals surface area contributed by atoms with Gasteiger partial charge in [-0.25, -0.2) is 18.4 Å². The molecule has 10 nitrogen and oxygen atoms in total. The van der Waals surface area contributed by atoms with Crippen LogP contribution in [0, 0.1) is 6.92 Å². The number of benzene rings is 3. The summed E-state index contributed by atoms with van der Waals surface area (Å²) in [4.78, 5) is 23.0. The Morgan fingerprint density at radius 2 is 1.62 bits per heavy atom. The van der Waals surface area contributed by atoms with Gasteiger partial charge in [-0.05, 0) is 69.0 Å². The quantitative estimate of drug-likeness (QED) is 0.303. The first-order valence-corrected chi connectivity index (χ1v) is 12.9. The second kappa shape index (κ2) is 10.8. The second-order valence-electron chi connectivity index (χ2n) is 8.69. The number of methoxy groups -OCH3 is 1. The predicted octanol–water partition coefficient (Wildman–Crippen LogP) is 3.99. The summed E-state index contributed by atoms with van der Waals surface area (Å²) >= 11 is 0. The molecular weight excluding hydrogens is 492 g/mol. The Hall–Kier alpha value is -4.22. The Morgan fingerprint density at radius 3 is 2.30 bits per heavy atom. The topological polar surface area (TPSA) is 126 Å². The summed E-state index contributed by atoms with van der Waals surface area (Å²) < 4.78 is 34.6. The molecule has 37 heavy (non-hydrogen) atoms. The van der Waals surface area contributed by atoms with Gasteiger partial charge in [-0.3, -0.25) is 9.52 Å². The van der Waals surface area contributed by atoms with Gasteiger partial charge in [0, 0.05) is 17.4 Å². The summed E-state index contributed by atoms with van der Waals surface area (Å²) in [7, 11) is 1.04. The molecule has 3 N–H and O–H groups in total. The number of nitrogens with zero attached hydrogens (tertiary/aromatic N) is 3. The van der Waals surface area contributed by atoms with Crippen LogP contribution in [0.2, 0.25) is 0 Å². The average molecular weight is 521 g/mol. The lowest BCUT2D eigenvalue weighted by molar-refractivity contribution is -0.116. The first-order valence-electron chi connectivity index (χ1n) is 11.4. The number of hydrogen-bond donors (Lipinski definition) is 3. The van der Waals surface area contributed by atoms with E-state index >= 15 is 0 Å². The van der Waals surface area contributed by atoms with Crippen LogP contribution in [-0.4, -0.2) is 56.9 Å². The molecule has 0 unspecified atom stereocenters. The molecule has 11 heteroatoms. The van der Waals surface area contributed by atoms with Crippen LogP contribution in [0.25, 0.3) is 11.0 Å². The maximum atomic E-state index is 13.4. The van der Waals surface area contributed by atoms with Gasteiger partial charge in [0.15, 0.2) is 11.6 Å². The third kappa shape index (κ3) is 6.51. The Bertz CT molecular complexity index is 1560. The number of sulfonamides is 1. The molecule has 0 atom stereocenters. The molecule has 192 valence electrons. The number of amides is 1. The number of anilines is 4. The minimum Gasteiger partial charge on any atom is -0.497 e. The summed E-state index contributed by atoms with van der Waals surface area (Å²) in [6, 6.07) is 18.7. The van der Waals surface area contributed by atoms with Crippen LogP contribution >= 0.6 is 0 Å². The molecule has 0 saturated carbocycles. The summed E-state index contributed by atoms with van der Waals surface area (Å²) in [6.45, 7) is 2.09. The first-order chi connectivity index (χ1) is 17.6. The number of ether oxygens (including phenoxy) is 1. The van der Waals surface area contributed by atoms with Gasteiger partial charge in [-0.2, -0.15) is 0 Å². The summed E-state index contributed by atoms with van der Waals surface area (Å²) in [5, 5.41) is 5.88. The van der Waals surface area contributed by atoms with E-state index in [0.717, 1.165) is 5.56 Å². The first kappa shape index (κ1) is 25.9. The molecule has 0 saturated heterocycles. The maximum absolute atomic E-state index is 13.4. The van der Waals surface area contributed by atoms with Crippen LogP contribution in [-0.2, 0) is 14.8 Å². The summed E-state index contributed by atoms with van der Waals surface area (Å²) in [6.07, 6.45) is 0. The van der Waals surface area contributed by atoms with Crippen LogP contribution in [0.15, 0.2) is 71.6 Å². The monoisotopic (exact) mass is 520 g/mol. The predicted molar refractivity (Wildman–Crippen MR) is 145 cm³/mol. The molecule has 0 aliphatic carbocycles. The molecule has 0 spiro atoms. The van der Waals surface area contributed by atoms with Crippen molar-refractivity contribution in [1.29, 1.82) is 0 Å². The number of likely N-dealkylation sites (N-methyl/N-ethyl adjacent to an activating group) is 1. The van der Waals surface area contributed by atoms with E-state index in [9.17, 15) is 13.2 Å². The SMILES string of the molecule is COc1cc(C)cc(Nc2nc3ccccc3nc2NS(=O)(=O)c2cccc(NC(=O)CN(C)C)c2)c1. The van der Waals surface area contributed by atoms with E-state index in [1.165, 1.54) is 12.1 Å². The van der Waals surface area contributed by atoms with Gasteiger partial charge < -0.3 is 20.3 Å². The van der Waals surface area contributed by atoms with Gasteiger partial charge >= 0.3 is 0 Å². The third-order valence-corrected chi connectivity index (χ3v) is 6.58. The number of hydrogen-bond acceptors (Lipinski definition) is 8. The Kier molecular flexibility index (Phi) is 7.55. The third-order valence-electron chi connectivity index (χ3n) is 5.24. The van der Waals surface area contributed by atoms with Crippen molar-refractivity contribution in [2.75, 3.05) is 43.1 Å². The Balaban J connectivity index is 1.69. The number of rotatable bonds is 9. The molecule has 4 aromatic rings. The lowest BCUT2D eigenvalue weighted by Gasteiger charge is -2.15. The zero-order chi connectivity index (χ0) is 26.6. The van der Waals surface area contributed by atoms with Crippen molar-refractivity contribution < 1.29 is 17.9 Å². The second-order valence-corrected chi connectivity index (χ2v) is 10.4. The fourth-order valence-corrected chi connectivity index (χ4v) is 4.70. The molecule has 0 fully saturated rings. The van der Waals surface area contributed by atoms with Gasteiger partial charge in [-0.1, -0.05) is 18.2 Å². The van der Waals surface area contributed by atoms with Crippen LogP contribution in [0.1, 0.15) is 5.56 Å². The lowest BCUT2D eigenvalue weighted by Crippen LogP contribution is -2.27. The molecular formula is C26H28N6O4S. The molecule has 3 aromatic carbocycles. The molecule has 1 heterocycles. The highest BCUT2D eigenvalue weighted by Crippen LogP contribution is 2.29. The van der Waals surface area contributed by atoms with Crippen LogP contribution in [0.3, 0.4) is 0 Å². The number of nitrogens with one attached hydrogen (secondary N) is 3. The van der Waals surface area contributed by atoms with Crippen molar-refractivity contribution in [3.8, 4) is 5.75 Å². The van der Waals surface area contributed by atoms with E-state index in [-0.39, 0.29) is 29.0 Å². The van der Waals surface area contributed by atoms with Crippen molar-refractivity contribution in [2.24, 2.45) is 0 Å². The fraction of sp³-hybridized carbons (Fsp3) is 0.192. The van der Waals surface area contributed by atoms with E-state index in [1.807, 2.05) is 25.1 Å². The zero-order valence-electron chi connectivity index (χ0n) is 20.9. The van der Waals surface area contributed by atoms with Gasteiger partial charge in [0.1, 0.15) is 5.75 Å². The average Bonchev–Trinajstić information content (AvgIpc) is 2.83. The highest BCUT2D eigenvalue weighted by Gasteiger charge is 2.20. The molecule has 1 amide bonds. The highest BCUT2D eigenvalue weighted by molar-refractivity contribution is 7.92. The van der Waals surface area contributed by atoms with Crippen LogP contribution < -0.4 is 20.1 Å². The van der Waals surface area contributed by atoms with Crippen molar-refractivity contribution >= 4 is 50.0 Å². The standard InChI is InChI=1S/C26H28N6O4S/c1-17-12-19(14-20(13-17)36-4)28-25-26(30-23-11-6-5-10-22(23)29-25)31-37(34,35)21-9-7-8-18(15-21)27-24(33)16-32(2)3/h5-15H,16H2,1-4H3,(H,27,33)(H,28,29)(H,30,31). The molecule has 0 aliphatic rings. The van der Waals surface area contributed by atoms with E-state index in [4.69, 9.17) is 4.74 Å². The van der Waals surface area contributed by atoms with Crippen molar-refractivity contribution in [3.63, 3.8) is 0 Å². The molecule has 0 radical (unpaired) electrons. The molecule has 1 aromatic heterocycles. The van der Waals surface area contributed by atoms with Crippen molar-refractivity contribution in [3.05, 3.63) is 72.3 Å². The number of carbonyl (C=O) groups excluding carboxylic acids is 1. The summed E-state index contributed by atoms with van der Waals surface area (Å²) in [5.74, 6) is 0.645. The number of fused-ring (bicyclic) bond motifs is 1. The zero-order valence-corrected chi connectivity index (χ0v) is 21.8. The molecule has 4 rings (SSSR count). The largest absolute Gasteiger partial charge is 0.497 e. The van der Waals surface area contributed by atoms with Gasteiger partial charge in [0.25, 0.3) is 10.0 Å². The fourth-order valence-electron chi connectivity index (χ4n) is 3.65. The minimum atomic E-state index is -4.08. The highest BCUT2D eigenvalue weighted by atomic mass is 32.2. The van der Waals surface area contributed by atoms with Crippen LogP contribution in [0.4, 0.5) is 23.0 Å². The maximum Gasteiger partial charge on any atom is 0.263 e. The summed E-state index contributed by atoms with van der Waals surface area (Å²) in [5.41, 5.74) is 3.10. The van der Waals surface area contributed by atoms with E-state index in [1.54, 1.807) is 62.5 Å².